The summed E-state index contributed by atoms with van der Waals surface area (Å²) in [7, 11) is 0. The Balaban J connectivity index is 1.43. The molecular formula is C20H22N2O2S. The highest BCUT2D eigenvalue weighted by Gasteiger charge is 2.34. The maximum absolute atomic E-state index is 12.3. The summed E-state index contributed by atoms with van der Waals surface area (Å²) in [6.07, 6.45) is 1.49. The summed E-state index contributed by atoms with van der Waals surface area (Å²) in [5, 5.41) is 5.65. The van der Waals surface area contributed by atoms with Crippen LogP contribution in [-0.2, 0) is 22.7 Å². The van der Waals surface area contributed by atoms with Gasteiger partial charge in [-0.25, -0.2) is 0 Å². The van der Waals surface area contributed by atoms with Crippen LogP contribution in [-0.4, -0.2) is 22.3 Å². The lowest BCUT2D eigenvalue weighted by Gasteiger charge is -2.12. The molecule has 1 aliphatic rings. The zero-order valence-corrected chi connectivity index (χ0v) is 14.8. The first-order valence-electron chi connectivity index (χ1n) is 8.51. The third kappa shape index (κ3) is 5.10. The first-order chi connectivity index (χ1) is 12.2. The van der Waals surface area contributed by atoms with Crippen molar-refractivity contribution in [2.24, 2.45) is 0 Å². The number of benzene rings is 2. The zero-order chi connectivity index (χ0) is 17.5. The lowest BCUT2D eigenvalue weighted by Crippen LogP contribution is -2.33. The van der Waals surface area contributed by atoms with Crippen LogP contribution in [0.15, 0.2) is 60.7 Å². The van der Waals surface area contributed by atoms with E-state index in [0.29, 0.717) is 13.1 Å². The predicted octanol–water partition coefficient (Wildman–Crippen LogP) is 2.88. The lowest BCUT2D eigenvalue weighted by molar-refractivity contribution is -0.121. The number of carbonyl (C=O) groups excluding carboxylic acids is 2. The summed E-state index contributed by atoms with van der Waals surface area (Å²) >= 11 is 1.47. The van der Waals surface area contributed by atoms with Crippen molar-refractivity contribution < 1.29 is 9.59 Å². The molecule has 1 aliphatic heterocycles. The quantitative estimate of drug-likeness (QED) is 0.839. The molecule has 2 unspecified atom stereocenters. The van der Waals surface area contributed by atoms with Gasteiger partial charge in [0, 0.05) is 13.1 Å². The molecule has 2 N–H and O–H groups in total. The molecule has 25 heavy (non-hydrogen) atoms. The second-order valence-corrected chi connectivity index (χ2v) is 7.51. The molecule has 0 aliphatic carbocycles. The summed E-state index contributed by atoms with van der Waals surface area (Å²) in [6, 6.07) is 19.7. The van der Waals surface area contributed by atoms with Crippen molar-refractivity contribution in [1.29, 1.82) is 0 Å². The second-order valence-electron chi connectivity index (χ2n) is 6.10. The number of rotatable bonds is 6. The maximum Gasteiger partial charge on any atom is 0.233 e. The number of hydrogen-bond acceptors (Lipinski definition) is 3. The molecule has 1 fully saturated rings. The van der Waals surface area contributed by atoms with Gasteiger partial charge in [-0.15, -0.1) is 11.8 Å². The van der Waals surface area contributed by atoms with E-state index in [1.807, 2.05) is 60.7 Å². The molecule has 2 atom stereocenters. The van der Waals surface area contributed by atoms with Crippen molar-refractivity contribution in [3.05, 3.63) is 71.8 Å². The number of amides is 2. The third-order valence-electron chi connectivity index (χ3n) is 4.22. The fourth-order valence-corrected chi connectivity index (χ4v) is 4.18. The van der Waals surface area contributed by atoms with E-state index in [1.54, 1.807) is 0 Å². The smallest absolute Gasteiger partial charge is 0.233 e. The minimum atomic E-state index is -0.142. The van der Waals surface area contributed by atoms with E-state index in [2.05, 4.69) is 10.6 Å². The van der Waals surface area contributed by atoms with Crippen molar-refractivity contribution in [3.63, 3.8) is 0 Å². The van der Waals surface area contributed by atoms with Gasteiger partial charge in [-0.1, -0.05) is 60.7 Å². The Morgan fingerprint density at radius 2 is 1.16 bits per heavy atom. The lowest BCUT2D eigenvalue weighted by atomic mass is 10.1. The standard InChI is InChI=1S/C20H22N2O2S/c23-19(21-13-15-7-3-1-4-8-15)17-11-12-18(25-17)20(24)22-14-16-9-5-2-6-10-16/h1-10,17-18H,11-14H2,(H,21,23)(H,22,24). The zero-order valence-electron chi connectivity index (χ0n) is 14.0. The summed E-state index contributed by atoms with van der Waals surface area (Å²) in [4.78, 5) is 24.6. The minimum absolute atomic E-state index is 0.0206. The highest BCUT2D eigenvalue weighted by Crippen LogP contribution is 2.34. The number of carbonyl (C=O) groups is 2. The van der Waals surface area contributed by atoms with Gasteiger partial charge in [0.25, 0.3) is 0 Å². The van der Waals surface area contributed by atoms with Crippen LogP contribution in [0.2, 0.25) is 0 Å². The number of thioether (sulfide) groups is 1. The van der Waals surface area contributed by atoms with Gasteiger partial charge in [0.15, 0.2) is 0 Å². The highest BCUT2D eigenvalue weighted by atomic mass is 32.2. The molecule has 1 saturated heterocycles. The van der Waals surface area contributed by atoms with E-state index >= 15 is 0 Å². The van der Waals surface area contributed by atoms with Crippen LogP contribution in [0, 0.1) is 0 Å². The third-order valence-corrected chi connectivity index (χ3v) is 5.78. The molecule has 0 aromatic heterocycles. The molecule has 3 rings (SSSR count). The first-order valence-corrected chi connectivity index (χ1v) is 9.45. The molecule has 0 spiro atoms. The van der Waals surface area contributed by atoms with E-state index < -0.39 is 0 Å². The van der Waals surface area contributed by atoms with Crippen molar-refractivity contribution in [2.45, 2.75) is 36.4 Å². The Morgan fingerprint density at radius 1 is 0.760 bits per heavy atom. The van der Waals surface area contributed by atoms with Crippen LogP contribution in [0.5, 0.6) is 0 Å². The molecular weight excluding hydrogens is 332 g/mol. The average Bonchev–Trinajstić information content (AvgIpc) is 3.16. The predicted molar refractivity (Wildman–Crippen MR) is 101 cm³/mol. The topological polar surface area (TPSA) is 58.2 Å². The molecule has 0 radical (unpaired) electrons. The SMILES string of the molecule is O=C(NCc1ccccc1)C1CCC(C(=O)NCc2ccccc2)S1. The molecule has 0 saturated carbocycles. The Morgan fingerprint density at radius 3 is 1.56 bits per heavy atom. The summed E-state index contributed by atoms with van der Waals surface area (Å²) < 4.78 is 0. The molecule has 2 aromatic rings. The molecule has 2 amide bonds. The minimum Gasteiger partial charge on any atom is -0.351 e. The highest BCUT2D eigenvalue weighted by molar-refractivity contribution is 8.02. The van der Waals surface area contributed by atoms with Crippen LogP contribution in [0.1, 0.15) is 24.0 Å². The van der Waals surface area contributed by atoms with Gasteiger partial charge in [0.05, 0.1) is 10.5 Å². The summed E-state index contributed by atoms with van der Waals surface area (Å²) in [6.45, 7) is 1.06. The summed E-state index contributed by atoms with van der Waals surface area (Å²) in [5.74, 6) is 0.0411. The van der Waals surface area contributed by atoms with Crippen molar-refractivity contribution in [3.8, 4) is 0 Å². The molecule has 4 nitrogen and oxygen atoms in total. The summed E-state index contributed by atoms with van der Waals surface area (Å²) in [5.41, 5.74) is 2.16. The van der Waals surface area contributed by atoms with Gasteiger partial charge in [-0.3, -0.25) is 9.59 Å². The number of nitrogens with one attached hydrogen (secondary N) is 2. The Labute approximate surface area is 152 Å². The molecule has 5 heteroatoms. The van der Waals surface area contributed by atoms with E-state index in [4.69, 9.17) is 0 Å². The molecule has 1 heterocycles. The Bertz CT molecular complexity index is 645. The number of hydrogen-bond donors (Lipinski definition) is 2. The van der Waals surface area contributed by atoms with Crippen LogP contribution in [0.25, 0.3) is 0 Å². The van der Waals surface area contributed by atoms with E-state index in [1.165, 1.54) is 11.8 Å². The Kier molecular flexibility index (Phi) is 6.12. The van der Waals surface area contributed by atoms with Crippen molar-refractivity contribution in [1.82, 2.24) is 10.6 Å². The van der Waals surface area contributed by atoms with Crippen LogP contribution < -0.4 is 10.6 Å². The van der Waals surface area contributed by atoms with Crippen LogP contribution in [0.4, 0.5) is 0 Å². The second kappa shape index (κ2) is 8.72. The van der Waals surface area contributed by atoms with Gasteiger partial charge < -0.3 is 10.6 Å². The fraction of sp³-hybridized carbons (Fsp3) is 0.300. The van der Waals surface area contributed by atoms with Gasteiger partial charge in [0.1, 0.15) is 0 Å². The largest absolute Gasteiger partial charge is 0.351 e. The van der Waals surface area contributed by atoms with Crippen molar-refractivity contribution >= 4 is 23.6 Å². The van der Waals surface area contributed by atoms with E-state index in [0.717, 1.165) is 24.0 Å². The normalized spacial score (nSPS) is 19.4. The first kappa shape index (κ1) is 17.5. The van der Waals surface area contributed by atoms with E-state index in [-0.39, 0.29) is 22.3 Å². The average molecular weight is 354 g/mol. The van der Waals surface area contributed by atoms with E-state index in [9.17, 15) is 9.59 Å². The maximum atomic E-state index is 12.3. The fourth-order valence-electron chi connectivity index (χ4n) is 2.82. The Hall–Kier alpha value is -2.27. The molecule has 2 aromatic carbocycles. The van der Waals surface area contributed by atoms with Gasteiger partial charge in [-0.05, 0) is 24.0 Å². The van der Waals surface area contributed by atoms with Gasteiger partial charge in [-0.2, -0.15) is 0 Å². The van der Waals surface area contributed by atoms with Crippen LogP contribution in [0.3, 0.4) is 0 Å². The van der Waals surface area contributed by atoms with Gasteiger partial charge in [0.2, 0.25) is 11.8 Å². The van der Waals surface area contributed by atoms with Crippen LogP contribution >= 0.6 is 11.8 Å². The van der Waals surface area contributed by atoms with Crippen molar-refractivity contribution in [2.75, 3.05) is 0 Å². The van der Waals surface area contributed by atoms with Gasteiger partial charge >= 0.3 is 0 Å². The molecule has 0 bridgehead atoms. The molecule has 130 valence electrons. The monoisotopic (exact) mass is 354 g/mol.